The van der Waals surface area contributed by atoms with Crippen molar-refractivity contribution in [3.63, 3.8) is 0 Å². The number of carbonyl (C=O) groups excluding carboxylic acids is 1. The quantitative estimate of drug-likeness (QED) is 0.703. The zero-order valence-corrected chi connectivity index (χ0v) is 15.6. The summed E-state index contributed by atoms with van der Waals surface area (Å²) in [7, 11) is 0. The van der Waals surface area contributed by atoms with E-state index in [0.29, 0.717) is 11.4 Å². The van der Waals surface area contributed by atoms with Gasteiger partial charge in [-0.2, -0.15) is 0 Å². The third kappa shape index (κ3) is 4.23. The number of anilines is 2. The molecule has 0 saturated carbocycles. The number of pyridine rings is 1. The highest BCUT2D eigenvalue weighted by Crippen LogP contribution is 2.36. The zero-order valence-electron chi connectivity index (χ0n) is 14.7. The number of nitrogens with one attached hydrogen (secondary N) is 2. The van der Waals surface area contributed by atoms with Crippen molar-refractivity contribution in [1.29, 1.82) is 0 Å². The predicted molar refractivity (Wildman–Crippen MR) is 101 cm³/mol. The Morgan fingerprint density at radius 3 is 2.50 bits per heavy atom. The standard InChI is InChI=1S/C19H19N4O2S/c1-19(2,3)16-11-17(23-25-16)22-14-5-4-12(18(20)24)10-15(14)26-13-6-8-21-9-7-13/h4-11,20H,1-3H3,(H,22,23). The fourth-order valence-electron chi connectivity index (χ4n) is 2.21. The van der Waals surface area contributed by atoms with Gasteiger partial charge in [0.05, 0.1) is 5.69 Å². The van der Waals surface area contributed by atoms with Crippen LogP contribution in [0.15, 0.2) is 63.1 Å². The van der Waals surface area contributed by atoms with E-state index in [-0.39, 0.29) is 5.41 Å². The maximum atomic E-state index is 11.4. The van der Waals surface area contributed by atoms with E-state index in [0.717, 1.165) is 21.2 Å². The van der Waals surface area contributed by atoms with Gasteiger partial charge in [-0.1, -0.05) is 37.7 Å². The summed E-state index contributed by atoms with van der Waals surface area (Å²) in [6.45, 7) is 6.16. The van der Waals surface area contributed by atoms with Crippen molar-refractivity contribution in [3.8, 4) is 0 Å². The molecule has 0 bridgehead atoms. The molecule has 0 saturated heterocycles. The smallest absolute Gasteiger partial charge is 0.269 e. The largest absolute Gasteiger partial charge is 0.359 e. The average Bonchev–Trinajstić information content (AvgIpc) is 3.06. The Balaban J connectivity index is 1.92. The molecule has 0 aliphatic rings. The minimum atomic E-state index is -0.718. The first kappa shape index (κ1) is 18.0. The summed E-state index contributed by atoms with van der Waals surface area (Å²) in [4.78, 5) is 17.2. The molecule has 7 heteroatoms. The molecule has 26 heavy (non-hydrogen) atoms. The highest BCUT2D eigenvalue weighted by molar-refractivity contribution is 7.99. The van der Waals surface area contributed by atoms with Gasteiger partial charge in [-0.15, -0.1) is 0 Å². The van der Waals surface area contributed by atoms with Gasteiger partial charge >= 0.3 is 0 Å². The average molecular weight is 367 g/mol. The second kappa shape index (κ2) is 7.21. The molecule has 0 aliphatic heterocycles. The van der Waals surface area contributed by atoms with Gasteiger partial charge in [0.2, 0.25) is 0 Å². The predicted octanol–water partition coefficient (Wildman–Crippen LogP) is 4.69. The van der Waals surface area contributed by atoms with Gasteiger partial charge in [-0.05, 0) is 30.3 Å². The van der Waals surface area contributed by atoms with Gasteiger partial charge < -0.3 is 9.84 Å². The van der Waals surface area contributed by atoms with E-state index in [2.05, 4.69) is 36.2 Å². The number of rotatable bonds is 5. The topological polar surface area (TPSA) is 91.8 Å². The Labute approximate surface area is 156 Å². The summed E-state index contributed by atoms with van der Waals surface area (Å²) in [5, 5.41) is 7.31. The van der Waals surface area contributed by atoms with Crippen LogP contribution in [0.2, 0.25) is 0 Å². The molecule has 0 atom stereocenters. The number of amides is 1. The van der Waals surface area contributed by atoms with Crippen LogP contribution >= 0.6 is 11.8 Å². The van der Waals surface area contributed by atoms with Crippen LogP contribution in [0, 0.1) is 0 Å². The zero-order chi connectivity index (χ0) is 18.7. The molecule has 3 rings (SSSR count). The van der Waals surface area contributed by atoms with Crippen molar-refractivity contribution in [1.82, 2.24) is 15.9 Å². The molecule has 0 spiro atoms. The molecular formula is C19H19N4O2S. The summed E-state index contributed by atoms with van der Waals surface area (Å²) in [6, 6.07) is 10.7. The van der Waals surface area contributed by atoms with Crippen LogP contribution in [0.3, 0.4) is 0 Å². The first-order valence-electron chi connectivity index (χ1n) is 8.05. The van der Waals surface area contributed by atoms with Crippen molar-refractivity contribution < 1.29 is 9.32 Å². The van der Waals surface area contributed by atoms with Crippen LogP contribution in [-0.4, -0.2) is 16.0 Å². The molecule has 2 N–H and O–H groups in total. The highest BCUT2D eigenvalue weighted by atomic mass is 32.2. The van der Waals surface area contributed by atoms with Gasteiger partial charge in [0, 0.05) is 39.2 Å². The van der Waals surface area contributed by atoms with Gasteiger partial charge in [0.25, 0.3) is 5.91 Å². The second-order valence-corrected chi connectivity index (χ2v) is 7.89. The maximum absolute atomic E-state index is 11.4. The number of benzene rings is 1. The van der Waals surface area contributed by atoms with Crippen molar-refractivity contribution in [2.45, 2.75) is 36.0 Å². The molecule has 6 nitrogen and oxygen atoms in total. The van der Waals surface area contributed by atoms with Crippen LogP contribution < -0.4 is 11.1 Å². The molecule has 2 aromatic heterocycles. The van der Waals surface area contributed by atoms with Gasteiger partial charge in [0.15, 0.2) is 5.82 Å². The number of nitrogens with zero attached hydrogens (tertiary/aromatic N) is 2. The lowest BCUT2D eigenvalue weighted by Gasteiger charge is -2.12. The number of carbonyl (C=O) groups is 1. The van der Waals surface area contributed by atoms with E-state index in [4.69, 9.17) is 10.3 Å². The van der Waals surface area contributed by atoms with E-state index in [9.17, 15) is 4.79 Å². The Kier molecular flexibility index (Phi) is 4.99. The number of hydrogen-bond donors (Lipinski definition) is 1. The summed E-state index contributed by atoms with van der Waals surface area (Å²) in [6.07, 6.45) is 3.42. The molecule has 0 unspecified atom stereocenters. The normalized spacial score (nSPS) is 11.3. The van der Waals surface area contributed by atoms with E-state index >= 15 is 0 Å². The first-order valence-corrected chi connectivity index (χ1v) is 8.86. The van der Waals surface area contributed by atoms with E-state index < -0.39 is 5.91 Å². The summed E-state index contributed by atoms with van der Waals surface area (Å²) in [5.41, 5.74) is 8.34. The highest BCUT2D eigenvalue weighted by Gasteiger charge is 2.20. The van der Waals surface area contributed by atoms with Crippen molar-refractivity contribution in [2.24, 2.45) is 0 Å². The SMILES string of the molecule is CC(C)(C)c1cc(Nc2ccc(C([NH])=O)cc2Sc2ccncc2)no1. The Bertz CT molecular complexity index is 917. The minimum Gasteiger partial charge on any atom is -0.359 e. The molecule has 2 heterocycles. The van der Waals surface area contributed by atoms with Gasteiger partial charge in [0.1, 0.15) is 5.76 Å². The summed E-state index contributed by atoms with van der Waals surface area (Å²) >= 11 is 1.48. The number of hydrogen-bond acceptors (Lipinski definition) is 6. The molecule has 1 radical (unpaired) electrons. The van der Waals surface area contributed by atoms with Crippen LogP contribution in [-0.2, 0) is 5.41 Å². The third-order valence-electron chi connectivity index (χ3n) is 3.63. The van der Waals surface area contributed by atoms with E-state index in [1.807, 2.05) is 18.2 Å². The monoisotopic (exact) mass is 367 g/mol. The van der Waals surface area contributed by atoms with Crippen LogP contribution in [0.4, 0.5) is 11.5 Å². The van der Waals surface area contributed by atoms with Crippen molar-refractivity contribution >= 4 is 29.2 Å². The minimum absolute atomic E-state index is 0.136. The lowest BCUT2D eigenvalue weighted by molar-refractivity contribution is 0.0992. The van der Waals surface area contributed by atoms with E-state index in [1.54, 1.807) is 30.6 Å². The van der Waals surface area contributed by atoms with Crippen molar-refractivity contribution in [2.75, 3.05) is 5.32 Å². The Hall–Kier alpha value is -2.80. The Morgan fingerprint density at radius 1 is 1.15 bits per heavy atom. The lowest BCUT2D eigenvalue weighted by Crippen LogP contribution is -2.09. The summed E-state index contributed by atoms with van der Waals surface area (Å²) in [5.74, 6) is 0.655. The molecule has 0 aliphatic carbocycles. The van der Waals surface area contributed by atoms with Crippen LogP contribution in [0.25, 0.3) is 0 Å². The molecule has 0 fully saturated rings. The third-order valence-corrected chi connectivity index (χ3v) is 4.70. The van der Waals surface area contributed by atoms with Crippen LogP contribution in [0.1, 0.15) is 36.9 Å². The fraction of sp³-hybridized carbons (Fsp3) is 0.211. The lowest BCUT2D eigenvalue weighted by atomic mass is 9.93. The first-order chi connectivity index (χ1) is 12.3. The van der Waals surface area contributed by atoms with E-state index in [1.165, 1.54) is 11.8 Å². The Morgan fingerprint density at radius 2 is 1.88 bits per heavy atom. The van der Waals surface area contributed by atoms with Gasteiger partial charge in [-0.3, -0.25) is 15.5 Å². The molecule has 3 aromatic rings. The molecule has 1 amide bonds. The number of aromatic nitrogens is 2. The fourth-order valence-corrected chi connectivity index (χ4v) is 3.14. The maximum Gasteiger partial charge on any atom is 0.269 e. The van der Waals surface area contributed by atoms with Gasteiger partial charge in [-0.25, -0.2) is 0 Å². The summed E-state index contributed by atoms with van der Waals surface area (Å²) < 4.78 is 5.41. The van der Waals surface area contributed by atoms with Crippen LogP contribution in [0.5, 0.6) is 0 Å². The van der Waals surface area contributed by atoms with Crippen molar-refractivity contribution in [3.05, 3.63) is 60.1 Å². The molecule has 133 valence electrons. The second-order valence-electron chi connectivity index (χ2n) is 6.78. The molecule has 1 aromatic carbocycles. The molecular weight excluding hydrogens is 348 g/mol.